The molecule has 3 heteroatoms. The zero-order valence-electron chi connectivity index (χ0n) is 8.82. The number of rotatable bonds is 1. The lowest BCUT2D eigenvalue weighted by molar-refractivity contribution is -0.212. The Morgan fingerprint density at radius 3 is 2.38 bits per heavy atom. The monoisotopic (exact) mass is 188 g/mol. The SMILES string of the molecule is CC(C)[C@@H]1C[C@](C)(O)[C@@H](O)C(C)O1. The van der Waals surface area contributed by atoms with Crippen molar-refractivity contribution in [2.45, 2.75) is 58.0 Å². The topological polar surface area (TPSA) is 49.7 Å². The Hall–Kier alpha value is -0.120. The van der Waals surface area contributed by atoms with Crippen LogP contribution < -0.4 is 0 Å². The predicted octanol–water partition coefficient (Wildman–Crippen LogP) is 0.932. The van der Waals surface area contributed by atoms with E-state index in [0.29, 0.717) is 12.3 Å². The summed E-state index contributed by atoms with van der Waals surface area (Å²) in [5, 5.41) is 19.5. The van der Waals surface area contributed by atoms with Crippen LogP contribution in [0.3, 0.4) is 0 Å². The Bertz CT molecular complexity index is 177. The van der Waals surface area contributed by atoms with Crippen molar-refractivity contribution >= 4 is 0 Å². The first kappa shape index (κ1) is 11.0. The number of aliphatic hydroxyl groups is 2. The average molecular weight is 188 g/mol. The molecule has 0 aromatic heterocycles. The van der Waals surface area contributed by atoms with Gasteiger partial charge in [0, 0.05) is 6.42 Å². The molecule has 1 aliphatic rings. The van der Waals surface area contributed by atoms with Crippen molar-refractivity contribution in [1.82, 2.24) is 0 Å². The first-order valence-electron chi connectivity index (χ1n) is 4.90. The van der Waals surface area contributed by atoms with Gasteiger partial charge in [0.05, 0.1) is 17.8 Å². The number of ether oxygens (including phenoxy) is 1. The fraction of sp³-hybridized carbons (Fsp3) is 1.00. The molecule has 0 aromatic rings. The van der Waals surface area contributed by atoms with Gasteiger partial charge in [0.2, 0.25) is 0 Å². The molecule has 2 N–H and O–H groups in total. The maximum Gasteiger partial charge on any atom is 0.108 e. The van der Waals surface area contributed by atoms with Crippen LogP contribution in [0.15, 0.2) is 0 Å². The second-order valence-corrected chi connectivity index (χ2v) is 4.63. The third-order valence-corrected chi connectivity index (χ3v) is 2.83. The lowest BCUT2D eigenvalue weighted by Crippen LogP contribution is -2.55. The molecular weight excluding hydrogens is 168 g/mol. The highest BCUT2D eigenvalue weighted by molar-refractivity contribution is 4.93. The van der Waals surface area contributed by atoms with Gasteiger partial charge >= 0.3 is 0 Å². The quantitative estimate of drug-likeness (QED) is 0.643. The van der Waals surface area contributed by atoms with E-state index in [0.717, 1.165) is 0 Å². The second kappa shape index (κ2) is 3.56. The number of hydrogen-bond donors (Lipinski definition) is 2. The van der Waals surface area contributed by atoms with E-state index < -0.39 is 11.7 Å². The summed E-state index contributed by atoms with van der Waals surface area (Å²) in [4.78, 5) is 0. The van der Waals surface area contributed by atoms with Crippen LogP contribution in [0.1, 0.15) is 34.1 Å². The first-order valence-corrected chi connectivity index (χ1v) is 4.90. The zero-order valence-corrected chi connectivity index (χ0v) is 8.82. The molecular formula is C10H20O3. The van der Waals surface area contributed by atoms with E-state index in [2.05, 4.69) is 13.8 Å². The molecule has 4 atom stereocenters. The Labute approximate surface area is 79.7 Å². The van der Waals surface area contributed by atoms with Crippen molar-refractivity contribution < 1.29 is 14.9 Å². The fourth-order valence-electron chi connectivity index (χ4n) is 1.82. The smallest absolute Gasteiger partial charge is 0.108 e. The van der Waals surface area contributed by atoms with Gasteiger partial charge in [0.25, 0.3) is 0 Å². The Morgan fingerprint density at radius 2 is 2.00 bits per heavy atom. The molecule has 0 aromatic carbocycles. The Kier molecular flexibility index (Phi) is 3.00. The van der Waals surface area contributed by atoms with Crippen LogP contribution in [-0.2, 0) is 4.74 Å². The highest BCUT2D eigenvalue weighted by atomic mass is 16.5. The lowest BCUT2D eigenvalue weighted by atomic mass is 9.83. The van der Waals surface area contributed by atoms with Gasteiger partial charge in [0.15, 0.2) is 0 Å². The lowest BCUT2D eigenvalue weighted by Gasteiger charge is -2.43. The maximum absolute atomic E-state index is 9.90. The molecule has 1 heterocycles. The normalized spacial score (nSPS) is 46.8. The third kappa shape index (κ3) is 2.22. The van der Waals surface area contributed by atoms with E-state index in [1.165, 1.54) is 0 Å². The largest absolute Gasteiger partial charge is 0.387 e. The van der Waals surface area contributed by atoms with Crippen molar-refractivity contribution in [3.8, 4) is 0 Å². The van der Waals surface area contributed by atoms with Gasteiger partial charge in [-0.3, -0.25) is 0 Å². The van der Waals surface area contributed by atoms with E-state index >= 15 is 0 Å². The molecule has 1 rings (SSSR count). The zero-order chi connectivity index (χ0) is 10.2. The minimum Gasteiger partial charge on any atom is -0.387 e. The van der Waals surface area contributed by atoms with Crippen molar-refractivity contribution in [2.24, 2.45) is 5.92 Å². The Morgan fingerprint density at radius 1 is 1.46 bits per heavy atom. The summed E-state index contributed by atoms with van der Waals surface area (Å²) in [7, 11) is 0. The third-order valence-electron chi connectivity index (χ3n) is 2.83. The van der Waals surface area contributed by atoms with E-state index in [-0.39, 0.29) is 12.2 Å². The average Bonchev–Trinajstić information content (AvgIpc) is 1.99. The second-order valence-electron chi connectivity index (χ2n) is 4.63. The van der Waals surface area contributed by atoms with E-state index in [4.69, 9.17) is 4.74 Å². The van der Waals surface area contributed by atoms with Crippen LogP contribution in [-0.4, -0.2) is 34.1 Å². The van der Waals surface area contributed by atoms with Crippen molar-refractivity contribution in [3.63, 3.8) is 0 Å². The van der Waals surface area contributed by atoms with Crippen molar-refractivity contribution in [3.05, 3.63) is 0 Å². The molecule has 0 spiro atoms. The highest BCUT2D eigenvalue weighted by Crippen LogP contribution is 2.31. The fourth-order valence-corrected chi connectivity index (χ4v) is 1.82. The van der Waals surface area contributed by atoms with Crippen LogP contribution >= 0.6 is 0 Å². The summed E-state index contributed by atoms with van der Waals surface area (Å²) in [5.74, 6) is 0.376. The van der Waals surface area contributed by atoms with Gasteiger partial charge in [-0.05, 0) is 19.8 Å². The van der Waals surface area contributed by atoms with Crippen LogP contribution in [0.5, 0.6) is 0 Å². The maximum atomic E-state index is 9.90. The van der Waals surface area contributed by atoms with E-state index in [1.807, 2.05) is 0 Å². The van der Waals surface area contributed by atoms with Gasteiger partial charge in [-0.2, -0.15) is 0 Å². The minimum atomic E-state index is -1.01. The summed E-state index contributed by atoms with van der Waals surface area (Å²) in [6, 6.07) is 0. The number of hydrogen-bond acceptors (Lipinski definition) is 3. The van der Waals surface area contributed by atoms with E-state index in [9.17, 15) is 10.2 Å². The molecule has 1 unspecified atom stereocenters. The van der Waals surface area contributed by atoms with Crippen molar-refractivity contribution in [1.29, 1.82) is 0 Å². The summed E-state index contributed by atoms with van der Waals surface area (Å²) >= 11 is 0. The van der Waals surface area contributed by atoms with Crippen molar-refractivity contribution in [2.75, 3.05) is 0 Å². The first-order chi connectivity index (χ1) is 5.84. The minimum absolute atomic E-state index is 0.0494. The number of aliphatic hydroxyl groups excluding tert-OH is 1. The summed E-state index contributed by atoms with van der Waals surface area (Å²) in [6.07, 6.45) is -0.497. The molecule has 0 aliphatic carbocycles. The van der Waals surface area contributed by atoms with E-state index in [1.54, 1.807) is 13.8 Å². The Balaban J connectivity index is 2.70. The molecule has 1 saturated heterocycles. The summed E-state index contributed by atoms with van der Waals surface area (Å²) in [6.45, 7) is 7.59. The highest BCUT2D eigenvalue weighted by Gasteiger charge is 2.43. The van der Waals surface area contributed by atoms with Crippen LogP contribution in [0.2, 0.25) is 0 Å². The molecule has 1 fully saturated rings. The van der Waals surface area contributed by atoms with Gasteiger partial charge in [-0.1, -0.05) is 13.8 Å². The van der Waals surface area contributed by atoms with Gasteiger partial charge in [-0.25, -0.2) is 0 Å². The standard InChI is InChI=1S/C10H20O3/c1-6(2)8-5-10(4,12)9(11)7(3)13-8/h6-9,11-12H,5H2,1-4H3/t7?,8-,9-,10-/m0/s1. The van der Waals surface area contributed by atoms with Gasteiger partial charge in [0.1, 0.15) is 6.10 Å². The molecule has 0 amide bonds. The molecule has 13 heavy (non-hydrogen) atoms. The molecule has 78 valence electrons. The molecule has 1 aliphatic heterocycles. The predicted molar refractivity (Wildman–Crippen MR) is 50.4 cm³/mol. The summed E-state index contributed by atoms with van der Waals surface area (Å²) in [5.41, 5.74) is -1.01. The molecule has 3 nitrogen and oxygen atoms in total. The molecule has 0 saturated carbocycles. The van der Waals surface area contributed by atoms with Crippen LogP contribution in [0.25, 0.3) is 0 Å². The van der Waals surface area contributed by atoms with Gasteiger partial charge < -0.3 is 14.9 Å². The van der Waals surface area contributed by atoms with Gasteiger partial charge in [-0.15, -0.1) is 0 Å². The summed E-state index contributed by atoms with van der Waals surface area (Å²) < 4.78 is 5.59. The molecule has 0 radical (unpaired) electrons. The van der Waals surface area contributed by atoms with Crippen LogP contribution in [0.4, 0.5) is 0 Å². The molecule has 0 bridgehead atoms. The van der Waals surface area contributed by atoms with Crippen LogP contribution in [0, 0.1) is 5.92 Å².